The Morgan fingerprint density at radius 3 is 2.20 bits per heavy atom. The zero-order valence-electron chi connectivity index (χ0n) is 30.3. The van der Waals surface area contributed by atoms with Gasteiger partial charge in [0.2, 0.25) is 5.91 Å². The molecule has 3 aromatic rings. The summed E-state index contributed by atoms with van der Waals surface area (Å²) in [5.74, 6) is 0.907. The Labute approximate surface area is 295 Å². The molecule has 4 saturated carbocycles. The van der Waals surface area contributed by atoms with Gasteiger partial charge in [-0.25, -0.2) is 4.79 Å². The molecule has 4 aliphatic carbocycles. The minimum atomic E-state index is -0.456. The highest BCUT2D eigenvalue weighted by Gasteiger charge is 2.54. The summed E-state index contributed by atoms with van der Waals surface area (Å²) in [6, 6.07) is 8.93. The third-order valence-corrected chi connectivity index (χ3v) is 12.5. The number of aryl methyl sites for hydroxylation is 2. The molecule has 1 aromatic carbocycles. The molecule has 5 aliphatic rings. The van der Waals surface area contributed by atoms with E-state index in [0.717, 1.165) is 61.1 Å². The summed E-state index contributed by atoms with van der Waals surface area (Å²) in [6.45, 7) is 9.19. The Bertz CT molecular complexity index is 1670. The SMILES string of the molecule is COc1c(C)cc(C23CCC(C(NC(=O)C4CCC(OC(=O)N5CC(O)C5)CC4)c4cc(-c5cnn(C(C)C)c5)ccn4)(CC2)CC3)cc1C. The number of hydrogen-bond donors (Lipinski definition) is 2. The summed E-state index contributed by atoms with van der Waals surface area (Å²) >= 11 is 0. The molecule has 5 fully saturated rings. The van der Waals surface area contributed by atoms with Crippen molar-refractivity contribution in [3.8, 4) is 16.9 Å². The molecule has 2 amide bonds. The number of aliphatic hydroxyl groups excluding tert-OH is 1. The van der Waals surface area contributed by atoms with Gasteiger partial charge < -0.3 is 24.8 Å². The maximum Gasteiger partial charge on any atom is 0.410 e. The van der Waals surface area contributed by atoms with E-state index in [-0.39, 0.29) is 46.9 Å². The molecular formula is C40H53N5O5. The van der Waals surface area contributed by atoms with E-state index < -0.39 is 6.10 Å². The molecular weight excluding hydrogens is 630 g/mol. The molecule has 1 aliphatic heterocycles. The van der Waals surface area contributed by atoms with Crippen LogP contribution in [0.15, 0.2) is 42.9 Å². The van der Waals surface area contributed by atoms with Gasteiger partial charge in [-0.15, -0.1) is 0 Å². The van der Waals surface area contributed by atoms with Gasteiger partial charge in [0.05, 0.1) is 44.2 Å². The van der Waals surface area contributed by atoms with E-state index in [1.165, 1.54) is 21.6 Å². The van der Waals surface area contributed by atoms with Crippen LogP contribution in [0.25, 0.3) is 11.1 Å². The second-order valence-electron chi connectivity index (χ2n) is 15.9. The second kappa shape index (κ2) is 13.7. The summed E-state index contributed by atoms with van der Waals surface area (Å²) in [4.78, 5) is 33.1. The highest BCUT2D eigenvalue weighted by Crippen LogP contribution is 2.62. The number of carbonyl (C=O) groups excluding carboxylic acids is 2. The van der Waals surface area contributed by atoms with Crippen LogP contribution in [-0.2, 0) is 14.9 Å². The number of hydrogen-bond acceptors (Lipinski definition) is 7. The molecule has 10 heteroatoms. The first-order chi connectivity index (χ1) is 24.0. The van der Waals surface area contributed by atoms with Crippen LogP contribution in [0.5, 0.6) is 5.75 Å². The molecule has 8 rings (SSSR count). The molecule has 2 aromatic heterocycles. The Morgan fingerprint density at radius 1 is 0.960 bits per heavy atom. The minimum absolute atomic E-state index is 0.0728. The lowest BCUT2D eigenvalue weighted by atomic mass is 9.49. The Kier molecular flexibility index (Phi) is 9.43. The third-order valence-electron chi connectivity index (χ3n) is 12.5. The fourth-order valence-electron chi connectivity index (χ4n) is 9.28. The smallest absolute Gasteiger partial charge is 0.410 e. The molecule has 0 radical (unpaired) electrons. The van der Waals surface area contributed by atoms with Gasteiger partial charge in [0, 0.05) is 29.9 Å². The first-order valence-corrected chi connectivity index (χ1v) is 18.6. The molecule has 1 saturated heterocycles. The molecule has 268 valence electrons. The summed E-state index contributed by atoms with van der Waals surface area (Å²) in [5.41, 5.74) is 6.87. The van der Waals surface area contributed by atoms with Crippen LogP contribution in [-0.4, -0.2) is 69.2 Å². The van der Waals surface area contributed by atoms with Crippen molar-refractivity contribution in [3.05, 3.63) is 65.2 Å². The predicted molar refractivity (Wildman–Crippen MR) is 191 cm³/mol. The van der Waals surface area contributed by atoms with Gasteiger partial charge >= 0.3 is 6.09 Å². The number of nitrogens with zero attached hydrogens (tertiary/aromatic N) is 4. The van der Waals surface area contributed by atoms with Gasteiger partial charge in [0.15, 0.2) is 0 Å². The Hall–Kier alpha value is -3.92. The normalized spacial score (nSPS) is 27.1. The predicted octanol–water partition coefficient (Wildman–Crippen LogP) is 6.97. The Balaban J connectivity index is 1.11. The van der Waals surface area contributed by atoms with Crippen LogP contribution in [0.2, 0.25) is 0 Å². The number of methoxy groups -OCH3 is 1. The van der Waals surface area contributed by atoms with Crippen molar-refractivity contribution < 1.29 is 24.2 Å². The lowest BCUT2D eigenvalue weighted by Crippen LogP contribution is -2.54. The summed E-state index contributed by atoms with van der Waals surface area (Å²) in [6.07, 6.45) is 13.8. The number of benzene rings is 1. The lowest BCUT2D eigenvalue weighted by molar-refractivity contribution is -0.129. The monoisotopic (exact) mass is 683 g/mol. The number of fused-ring (bicyclic) bond motifs is 3. The number of carbonyl (C=O) groups is 2. The van der Waals surface area contributed by atoms with Crippen molar-refractivity contribution >= 4 is 12.0 Å². The van der Waals surface area contributed by atoms with Gasteiger partial charge in [-0.1, -0.05) is 12.1 Å². The maximum atomic E-state index is 14.2. The van der Waals surface area contributed by atoms with Gasteiger partial charge in [0.25, 0.3) is 0 Å². The van der Waals surface area contributed by atoms with Crippen molar-refractivity contribution in [2.24, 2.45) is 11.3 Å². The summed E-state index contributed by atoms with van der Waals surface area (Å²) < 4.78 is 13.4. The van der Waals surface area contributed by atoms with Crippen molar-refractivity contribution in [3.63, 3.8) is 0 Å². The first kappa shape index (κ1) is 34.5. The summed E-state index contributed by atoms with van der Waals surface area (Å²) in [7, 11) is 1.75. The van der Waals surface area contributed by atoms with Crippen LogP contribution >= 0.6 is 0 Å². The third kappa shape index (κ3) is 6.51. The maximum absolute atomic E-state index is 14.2. The zero-order chi connectivity index (χ0) is 35.2. The number of rotatable bonds is 9. The van der Waals surface area contributed by atoms with E-state index in [0.29, 0.717) is 38.8 Å². The average molecular weight is 684 g/mol. The largest absolute Gasteiger partial charge is 0.496 e. The van der Waals surface area contributed by atoms with Crippen LogP contribution in [0, 0.1) is 25.2 Å². The van der Waals surface area contributed by atoms with E-state index in [1.807, 2.05) is 23.1 Å². The number of β-amino-alcohol motifs (C(OH)–C–C–N with tert-alkyl or cyclic N) is 1. The van der Waals surface area contributed by atoms with Gasteiger partial charge in [-0.2, -0.15) is 5.10 Å². The molecule has 2 N–H and O–H groups in total. The molecule has 1 unspecified atom stereocenters. The standard InChI is InChI=1S/C40H53N5O5/c1-25(2)45-22-30(21-42-45)29-10-17-41-34(20-29)36(43-37(47)28-6-8-33(9-7-28)50-38(48)44-23-32(46)24-44)40-14-11-39(12-15-40,13-16-40)31-18-26(3)35(49-5)27(4)19-31/h10,17-22,25,28,32-33,36,46H,6-9,11-16,23-24H2,1-5H3,(H,43,47). The molecule has 0 spiro atoms. The van der Waals surface area contributed by atoms with Crippen LogP contribution in [0.4, 0.5) is 4.79 Å². The van der Waals surface area contributed by atoms with E-state index in [1.54, 1.807) is 7.11 Å². The lowest BCUT2D eigenvalue weighted by Gasteiger charge is -2.56. The minimum Gasteiger partial charge on any atom is -0.496 e. The fourth-order valence-corrected chi connectivity index (χ4v) is 9.28. The van der Waals surface area contributed by atoms with Crippen molar-refractivity contribution in [1.82, 2.24) is 25.0 Å². The van der Waals surface area contributed by atoms with Crippen molar-refractivity contribution in [2.45, 2.75) is 122 Å². The van der Waals surface area contributed by atoms with Gasteiger partial charge in [-0.05, 0) is 137 Å². The van der Waals surface area contributed by atoms with E-state index in [4.69, 9.17) is 14.5 Å². The van der Waals surface area contributed by atoms with Gasteiger partial charge in [0.1, 0.15) is 11.9 Å². The van der Waals surface area contributed by atoms with Crippen LogP contribution in [0.3, 0.4) is 0 Å². The van der Waals surface area contributed by atoms with E-state index in [9.17, 15) is 14.7 Å². The number of ether oxygens (including phenoxy) is 2. The first-order valence-electron chi connectivity index (χ1n) is 18.6. The Morgan fingerprint density at radius 2 is 1.62 bits per heavy atom. The summed E-state index contributed by atoms with van der Waals surface area (Å²) in [5, 5.41) is 17.7. The number of aromatic nitrogens is 3. The highest BCUT2D eigenvalue weighted by molar-refractivity contribution is 5.79. The quantitative estimate of drug-likeness (QED) is 0.250. The number of aliphatic hydroxyl groups is 1. The number of pyridine rings is 1. The number of nitrogens with one attached hydrogen (secondary N) is 1. The topological polar surface area (TPSA) is 119 Å². The molecule has 10 nitrogen and oxygen atoms in total. The second-order valence-corrected chi connectivity index (χ2v) is 15.9. The van der Waals surface area contributed by atoms with E-state index in [2.05, 4.69) is 62.5 Å². The fraction of sp³-hybridized carbons (Fsp3) is 0.600. The molecule has 3 heterocycles. The van der Waals surface area contributed by atoms with Crippen molar-refractivity contribution in [2.75, 3.05) is 20.2 Å². The van der Waals surface area contributed by atoms with Crippen LogP contribution in [0.1, 0.15) is 113 Å². The van der Waals surface area contributed by atoms with E-state index >= 15 is 0 Å². The molecule has 2 bridgehead atoms. The number of amides is 2. The number of likely N-dealkylation sites (tertiary alicyclic amines) is 1. The zero-order valence-corrected chi connectivity index (χ0v) is 30.3. The highest BCUT2D eigenvalue weighted by atomic mass is 16.6. The van der Waals surface area contributed by atoms with Crippen LogP contribution < -0.4 is 10.1 Å². The molecule has 1 atom stereocenters. The average Bonchev–Trinajstić information content (AvgIpc) is 3.61. The van der Waals surface area contributed by atoms with Crippen molar-refractivity contribution in [1.29, 1.82) is 0 Å². The molecule has 50 heavy (non-hydrogen) atoms. The van der Waals surface area contributed by atoms with Gasteiger partial charge in [-0.3, -0.25) is 14.5 Å².